The number of amides is 4. The van der Waals surface area contributed by atoms with Gasteiger partial charge in [0.15, 0.2) is 18.2 Å². The third kappa shape index (κ3) is 6.89. The van der Waals surface area contributed by atoms with Gasteiger partial charge in [0.2, 0.25) is 17.7 Å². The lowest BCUT2D eigenvalue weighted by Crippen LogP contribution is -2.54. The molecule has 0 spiro atoms. The molecule has 0 saturated carbocycles. The first kappa shape index (κ1) is 39.4. The maximum absolute atomic E-state index is 14.1. The van der Waals surface area contributed by atoms with Crippen LogP contribution >= 0.6 is 0 Å². The number of aryl methyl sites for hydroxylation is 1. The predicted octanol–water partition coefficient (Wildman–Crippen LogP) is 4.65. The number of carbonyl (C=O) groups is 5. The number of imide groups is 1. The number of hydrogen-bond donors (Lipinski definition) is 3. The van der Waals surface area contributed by atoms with Crippen LogP contribution in [0.3, 0.4) is 0 Å². The van der Waals surface area contributed by atoms with Crippen molar-refractivity contribution in [1.29, 1.82) is 0 Å². The molecule has 3 aromatic carbocycles. The quantitative estimate of drug-likeness (QED) is 0.125. The van der Waals surface area contributed by atoms with Crippen molar-refractivity contribution in [2.75, 3.05) is 57.4 Å². The summed E-state index contributed by atoms with van der Waals surface area (Å²) in [7, 11) is 0. The molecule has 3 fully saturated rings. The molecule has 3 saturated heterocycles. The topological polar surface area (TPSA) is 152 Å². The molecule has 4 aliphatic heterocycles. The summed E-state index contributed by atoms with van der Waals surface area (Å²) in [4.78, 5) is 80.2. The molecule has 9 rings (SSSR count). The number of carbonyl (C=O) groups excluding carboxylic acids is 5. The lowest BCUT2D eigenvalue weighted by molar-refractivity contribution is -0.137. The zero-order valence-electron chi connectivity index (χ0n) is 34.4. The van der Waals surface area contributed by atoms with Gasteiger partial charge in [0.05, 0.1) is 25.2 Å². The molecule has 0 radical (unpaired) electrons. The molecule has 4 amide bonds. The second kappa shape index (κ2) is 15.5. The Balaban J connectivity index is 0.765. The Kier molecular flexibility index (Phi) is 10.2. The van der Waals surface area contributed by atoms with Crippen LogP contribution < -0.4 is 20.3 Å². The fraction of sp³-hybridized carbons (Fsp3) is 0.435. The number of benzene rings is 3. The summed E-state index contributed by atoms with van der Waals surface area (Å²) in [5, 5.41) is 6.05. The molecule has 3 N–H and O–H groups in total. The van der Waals surface area contributed by atoms with Crippen LogP contribution in [0.1, 0.15) is 95.1 Å². The van der Waals surface area contributed by atoms with Crippen LogP contribution in [0.2, 0.25) is 0 Å². The van der Waals surface area contributed by atoms with Crippen LogP contribution in [0.25, 0.3) is 15.7 Å². The van der Waals surface area contributed by atoms with Crippen molar-refractivity contribution in [2.45, 2.75) is 76.9 Å². The minimum Gasteiger partial charge on any atom is -0.473 e. The highest BCUT2D eigenvalue weighted by Crippen LogP contribution is 2.46. The Hall–Kier alpha value is -6.04. The van der Waals surface area contributed by atoms with Crippen molar-refractivity contribution in [3.05, 3.63) is 99.0 Å². The second-order valence-corrected chi connectivity index (χ2v) is 17.2. The molecule has 1 aliphatic carbocycles. The summed E-state index contributed by atoms with van der Waals surface area (Å²) >= 11 is 0. The van der Waals surface area contributed by atoms with E-state index in [2.05, 4.69) is 68.1 Å². The number of H-pyrrole nitrogens is 1. The molecular formula is C46H50N8O6. The van der Waals surface area contributed by atoms with Crippen LogP contribution in [0, 0.1) is 6.57 Å². The van der Waals surface area contributed by atoms with E-state index in [1.54, 1.807) is 24.3 Å². The molecule has 1 unspecified atom stereocenters. The highest BCUT2D eigenvalue weighted by atomic mass is 16.5. The molecule has 1 aromatic heterocycles. The predicted molar refractivity (Wildman–Crippen MR) is 225 cm³/mol. The van der Waals surface area contributed by atoms with Crippen LogP contribution in [0.5, 0.6) is 5.75 Å². The first-order valence-corrected chi connectivity index (χ1v) is 21.1. The summed E-state index contributed by atoms with van der Waals surface area (Å²) < 4.78 is 5.94. The molecule has 1 atom stereocenters. The highest BCUT2D eigenvalue weighted by Gasteiger charge is 2.42. The molecule has 14 nitrogen and oxygen atoms in total. The number of fused-ring (bicyclic) bond motifs is 5. The maximum Gasteiger partial charge on any atom is 0.255 e. The molecule has 5 aliphatic rings. The number of rotatable bonds is 9. The lowest BCUT2D eigenvalue weighted by atomic mass is 9.70. The number of aromatic nitrogens is 1. The van der Waals surface area contributed by atoms with Crippen LogP contribution in [-0.4, -0.2) is 114 Å². The van der Waals surface area contributed by atoms with E-state index in [4.69, 9.17) is 11.3 Å². The van der Waals surface area contributed by atoms with Gasteiger partial charge in [-0.15, -0.1) is 0 Å². The Bertz CT molecular complexity index is 2490. The average molecular weight is 811 g/mol. The Morgan fingerprint density at radius 2 is 1.75 bits per heavy atom. The van der Waals surface area contributed by atoms with E-state index in [-0.39, 0.29) is 56.2 Å². The SMILES string of the molecule is [C-]#[N+]c1ccc2c3c([nH]c2c1)C(C)(C)c1cc(N2CCC(N4CCN(CC(=O)NCOc5cccc6c5CN(C5CCC(=O)NC5=O)C6=O)CC4)CC2)c(CC)cc1C3=O. The number of piperazine rings is 1. The number of nitrogens with one attached hydrogen (secondary N) is 3. The first-order valence-electron chi connectivity index (χ1n) is 21.1. The minimum absolute atomic E-state index is 0.0430. The van der Waals surface area contributed by atoms with Gasteiger partial charge in [-0.3, -0.25) is 39.1 Å². The van der Waals surface area contributed by atoms with Gasteiger partial charge in [0, 0.05) is 96.1 Å². The average Bonchev–Trinajstić information content (AvgIpc) is 3.81. The smallest absolute Gasteiger partial charge is 0.255 e. The summed E-state index contributed by atoms with van der Waals surface area (Å²) in [5.41, 5.74) is 7.91. The van der Waals surface area contributed by atoms with Crippen molar-refractivity contribution in [3.8, 4) is 5.75 Å². The van der Waals surface area contributed by atoms with Crippen LogP contribution in [0.4, 0.5) is 11.4 Å². The van der Waals surface area contributed by atoms with Crippen molar-refractivity contribution in [2.24, 2.45) is 0 Å². The molecular weight excluding hydrogens is 761 g/mol. The van der Waals surface area contributed by atoms with E-state index in [0.29, 0.717) is 28.6 Å². The second-order valence-electron chi connectivity index (χ2n) is 17.2. The van der Waals surface area contributed by atoms with Gasteiger partial charge < -0.3 is 24.8 Å². The van der Waals surface area contributed by atoms with Crippen LogP contribution in [0.15, 0.2) is 48.5 Å². The fourth-order valence-electron chi connectivity index (χ4n) is 10.0. The van der Waals surface area contributed by atoms with E-state index in [9.17, 15) is 24.0 Å². The van der Waals surface area contributed by atoms with Crippen molar-refractivity contribution in [1.82, 2.24) is 30.3 Å². The zero-order chi connectivity index (χ0) is 41.9. The van der Waals surface area contributed by atoms with Gasteiger partial charge in [-0.25, -0.2) is 4.85 Å². The zero-order valence-corrected chi connectivity index (χ0v) is 34.4. The minimum atomic E-state index is -0.709. The van der Waals surface area contributed by atoms with E-state index in [0.717, 1.165) is 91.8 Å². The van der Waals surface area contributed by atoms with E-state index < -0.39 is 17.4 Å². The Morgan fingerprint density at radius 3 is 2.48 bits per heavy atom. The standard InChI is InChI=1S/C46H50N8O6/c1-5-27-21-32-34(46(2,3)43-41(42(32)57)31-10-9-28(47-4)22-35(31)49-43)23-37(27)53-15-13-29(14-16-53)52-19-17-51(18-20-52)25-40(56)48-26-60-38-8-6-7-30-33(38)24-54(45(30)59)36-11-12-39(55)50-44(36)58/h6-10,21-23,29,36,49H,5,11-20,24-26H2,1-3H3,(H,48,56)(H,50,55,58). The molecule has 14 heteroatoms. The normalized spacial score (nSPS) is 20.7. The van der Waals surface area contributed by atoms with Gasteiger partial charge in [-0.2, -0.15) is 0 Å². The molecule has 0 bridgehead atoms. The molecule has 310 valence electrons. The summed E-state index contributed by atoms with van der Waals surface area (Å²) in [5.74, 6) is -0.680. The van der Waals surface area contributed by atoms with Crippen molar-refractivity contribution < 1.29 is 28.7 Å². The summed E-state index contributed by atoms with van der Waals surface area (Å²) in [6, 6.07) is 14.9. The Morgan fingerprint density at radius 1 is 0.967 bits per heavy atom. The number of aromatic amines is 1. The van der Waals surface area contributed by atoms with E-state index >= 15 is 0 Å². The lowest BCUT2D eigenvalue weighted by Gasteiger charge is -2.44. The number of anilines is 1. The van der Waals surface area contributed by atoms with Gasteiger partial charge in [0.25, 0.3) is 5.91 Å². The number of hydrogen-bond acceptors (Lipinski definition) is 9. The molecule has 60 heavy (non-hydrogen) atoms. The van der Waals surface area contributed by atoms with Gasteiger partial charge in [-0.1, -0.05) is 39.0 Å². The molecule has 4 aromatic rings. The van der Waals surface area contributed by atoms with E-state index in [1.165, 1.54) is 16.2 Å². The Labute approximate surface area is 349 Å². The molecule has 5 heterocycles. The third-order valence-electron chi connectivity index (χ3n) is 13.4. The number of piperidine rings is 2. The largest absolute Gasteiger partial charge is 0.473 e. The maximum atomic E-state index is 14.1. The highest BCUT2D eigenvalue weighted by molar-refractivity contribution is 6.20. The van der Waals surface area contributed by atoms with E-state index in [1.807, 2.05) is 12.1 Å². The number of ketones is 1. The fourth-order valence-corrected chi connectivity index (χ4v) is 10.0. The number of nitrogens with zero attached hydrogens (tertiary/aromatic N) is 5. The van der Waals surface area contributed by atoms with Crippen molar-refractivity contribution in [3.63, 3.8) is 0 Å². The third-order valence-corrected chi connectivity index (χ3v) is 13.4. The summed E-state index contributed by atoms with van der Waals surface area (Å²) in [6.45, 7) is 19.6. The first-order chi connectivity index (χ1) is 28.9. The van der Waals surface area contributed by atoms with Gasteiger partial charge in [-0.05, 0) is 67.1 Å². The van der Waals surface area contributed by atoms with Crippen LogP contribution in [-0.2, 0) is 32.8 Å². The van der Waals surface area contributed by atoms with Gasteiger partial charge >= 0.3 is 0 Å². The monoisotopic (exact) mass is 810 g/mol. The summed E-state index contributed by atoms with van der Waals surface area (Å²) in [6.07, 6.45) is 3.37. The van der Waals surface area contributed by atoms with Gasteiger partial charge in [0.1, 0.15) is 11.8 Å². The number of ether oxygens (including phenoxy) is 1. The van der Waals surface area contributed by atoms with Crippen molar-refractivity contribution >= 4 is 51.7 Å².